The maximum absolute atomic E-state index is 12.1. The third kappa shape index (κ3) is 2.53. The number of esters is 1. The maximum Gasteiger partial charge on any atom is 0.333 e. The molecule has 20 heavy (non-hydrogen) atoms. The standard InChI is InChI=1S/C12H14N4O4/c1-8(17)20-7-16-6-10(9-4-13-14(2)5-9)11(18)15(3)12(16)19/h4-6H,7H2,1-3H3. The van der Waals surface area contributed by atoms with Crippen LogP contribution in [0.2, 0.25) is 0 Å². The topological polar surface area (TPSA) is 88.1 Å². The van der Waals surface area contributed by atoms with E-state index in [9.17, 15) is 14.4 Å². The molecule has 0 spiro atoms. The second-order valence-electron chi connectivity index (χ2n) is 4.33. The molecule has 8 heteroatoms. The lowest BCUT2D eigenvalue weighted by atomic mass is 10.2. The Hall–Kier alpha value is -2.64. The Labute approximate surface area is 113 Å². The average molecular weight is 278 g/mol. The molecule has 0 aliphatic rings. The molecule has 2 rings (SSSR count). The summed E-state index contributed by atoms with van der Waals surface area (Å²) in [5, 5.41) is 3.99. The Kier molecular flexibility index (Phi) is 3.55. The van der Waals surface area contributed by atoms with E-state index in [0.29, 0.717) is 11.1 Å². The van der Waals surface area contributed by atoms with E-state index in [1.165, 1.54) is 26.4 Å². The number of ether oxygens (including phenoxy) is 1. The van der Waals surface area contributed by atoms with E-state index in [4.69, 9.17) is 4.74 Å². The van der Waals surface area contributed by atoms with E-state index in [0.717, 1.165) is 9.13 Å². The van der Waals surface area contributed by atoms with Gasteiger partial charge in [-0.1, -0.05) is 0 Å². The van der Waals surface area contributed by atoms with Gasteiger partial charge in [0.05, 0.1) is 11.8 Å². The lowest BCUT2D eigenvalue weighted by Crippen LogP contribution is -2.39. The molecular weight excluding hydrogens is 264 g/mol. The molecule has 2 aromatic rings. The van der Waals surface area contributed by atoms with Crippen LogP contribution < -0.4 is 11.2 Å². The molecule has 0 saturated heterocycles. The minimum Gasteiger partial charge on any atom is -0.444 e. The predicted octanol–water partition coefficient (Wildman–Crippen LogP) is -0.532. The van der Waals surface area contributed by atoms with E-state index in [1.54, 1.807) is 17.9 Å². The number of carbonyl (C=O) groups excluding carboxylic acids is 1. The summed E-state index contributed by atoms with van der Waals surface area (Å²) in [4.78, 5) is 34.8. The number of carbonyl (C=O) groups is 1. The molecule has 0 radical (unpaired) electrons. The average Bonchev–Trinajstić information content (AvgIpc) is 2.81. The van der Waals surface area contributed by atoms with Crippen LogP contribution >= 0.6 is 0 Å². The van der Waals surface area contributed by atoms with Crippen LogP contribution in [0.1, 0.15) is 6.92 Å². The normalized spacial score (nSPS) is 10.6. The van der Waals surface area contributed by atoms with Crippen molar-refractivity contribution in [2.45, 2.75) is 13.7 Å². The molecule has 0 aromatic carbocycles. The van der Waals surface area contributed by atoms with E-state index in [2.05, 4.69) is 5.10 Å². The van der Waals surface area contributed by atoms with Crippen LogP contribution in [-0.4, -0.2) is 24.9 Å². The second-order valence-corrected chi connectivity index (χ2v) is 4.33. The Morgan fingerprint density at radius 2 is 2.00 bits per heavy atom. The van der Waals surface area contributed by atoms with Crippen molar-refractivity contribution in [2.24, 2.45) is 14.1 Å². The summed E-state index contributed by atoms with van der Waals surface area (Å²) in [5.41, 5.74) is -0.0806. The van der Waals surface area contributed by atoms with E-state index < -0.39 is 17.2 Å². The number of rotatable bonds is 3. The zero-order chi connectivity index (χ0) is 14.9. The molecule has 2 aromatic heterocycles. The monoisotopic (exact) mass is 278 g/mol. The number of hydrogen-bond donors (Lipinski definition) is 0. The highest BCUT2D eigenvalue weighted by atomic mass is 16.5. The van der Waals surface area contributed by atoms with Gasteiger partial charge in [-0.2, -0.15) is 5.10 Å². The quantitative estimate of drug-likeness (QED) is 0.704. The molecule has 0 N–H and O–H groups in total. The first-order valence-electron chi connectivity index (χ1n) is 5.83. The third-order valence-electron chi connectivity index (χ3n) is 2.78. The van der Waals surface area contributed by atoms with Gasteiger partial charge in [0, 0.05) is 39.0 Å². The number of nitrogens with zero attached hydrogens (tertiary/aromatic N) is 4. The molecule has 106 valence electrons. The van der Waals surface area contributed by atoms with Crippen molar-refractivity contribution in [1.82, 2.24) is 18.9 Å². The summed E-state index contributed by atoms with van der Waals surface area (Å²) >= 11 is 0. The van der Waals surface area contributed by atoms with Crippen molar-refractivity contribution in [3.8, 4) is 11.1 Å². The predicted molar refractivity (Wildman–Crippen MR) is 69.9 cm³/mol. The van der Waals surface area contributed by atoms with Crippen LogP contribution in [0.15, 0.2) is 28.2 Å². The molecule has 0 aliphatic heterocycles. The van der Waals surface area contributed by atoms with Crippen LogP contribution in [0.25, 0.3) is 11.1 Å². The SMILES string of the molecule is CC(=O)OCn1cc(-c2cnn(C)c2)c(=O)n(C)c1=O. The highest BCUT2D eigenvalue weighted by Gasteiger charge is 2.12. The van der Waals surface area contributed by atoms with Gasteiger partial charge in [0.15, 0.2) is 6.73 Å². The fraction of sp³-hybridized carbons (Fsp3) is 0.333. The maximum atomic E-state index is 12.1. The van der Waals surface area contributed by atoms with Crippen molar-refractivity contribution < 1.29 is 9.53 Å². The smallest absolute Gasteiger partial charge is 0.333 e. The van der Waals surface area contributed by atoms with Crippen molar-refractivity contribution >= 4 is 5.97 Å². The molecule has 0 fully saturated rings. The van der Waals surface area contributed by atoms with Gasteiger partial charge in [-0.3, -0.25) is 23.4 Å². The molecule has 0 saturated carbocycles. The molecule has 0 aliphatic carbocycles. The Bertz CT molecular complexity index is 768. The summed E-state index contributed by atoms with van der Waals surface area (Å²) < 4.78 is 8.46. The largest absolute Gasteiger partial charge is 0.444 e. The van der Waals surface area contributed by atoms with Crippen molar-refractivity contribution in [2.75, 3.05) is 0 Å². The molecule has 0 amide bonds. The van der Waals surface area contributed by atoms with Gasteiger partial charge < -0.3 is 4.74 Å². The first-order chi connectivity index (χ1) is 9.40. The summed E-state index contributed by atoms with van der Waals surface area (Å²) in [6, 6.07) is 0. The summed E-state index contributed by atoms with van der Waals surface area (Å²) in [6.07, 6.45) is 4.55. The minimum atomic E-state index is -0.552. The molecular formula is C12H14N4O4. The fourth-order valence-electron chi connectivity index (χ4n) is 1.74. The van der Waals surface area contributed by atoms with Crippen LogP contribution in [0.4, 0.5) is 0 Å². The van der Waals surface area contributed by atoms with Crippen LogP contribution in [0, 0.1) is 0 Å². The third-order valence-corrected chi connectivity index (χ3v) is 2.78. The van der Waals surface area contributed by atoms with Crippen molar-refractivity contribution in [1.29, 1.82) is 0 Å². The number of hydrogen-bond acceptors (Lipinski definition) is 5. The lowest BCUT2D eigenvalue weighted by Gasteiger charge is -2.09. The Morgan fingerprint density at radius 3 is 2.55 bits per heavy atom. The Balaban J connectivity index is 2.55. The lowest BCUT2D eigenvalue weighted by molar-refractivity contribution is -0.144. The first kappa shape index (κ1) is 13.8. The van der Waals surface area contributed by atoms with Gasteiger partial charge in [0.1, 0.15) is 0 Å². The van der Waals surface area contributed by atoms with Gasteiger partial charge in [-0.15, -0.1) is 0 Å². The molecule has 0 atom stereocenters. The van der Waals surface area contributed by atoms with Gasteiger partial charge in [-0.25, -0.2) is 4.79 Å². The zero-order valence-corrected chi connectivity index (χ0v) is 11.4. The molecule has 2 heterocycles. The number of aromatic nitrogens is 4. The van der Waals surface area contributed by atoms with E-state index in [1.807, 2.05) is 0 Å². The summed E-state index contributed by atoms with van der Waals surface area (Å²) in [5.74, 6) is -0.506. The fourth-order valence-corrected chi connectivity index (χ4v) is 1.74. The van der Waals surface area contributed by atoms with Gasteiger partial charge in [0.25, 0.3) is 5.56 Å². The van der Waals surface area contributed by atoms with Gasteiger partial charge in [-0.05, 0) is 0 Å². The second kappa shape index (κ2) is 5.16. The minimum absolute atomic E-state index is 0.241. The van der Waals surface area contributed by atoms with Gasteiger partial charge in [0.2, 0.25) is 0 Å². The van der Waals surface area contributed by atoms with Crippen LogP contribution in [-0.2, 0) is 30.4 Å². The van der Waals surface area contributed by atoms with Crippen LogP contribution in [0.3, 0.4) is 0 Å². The van der Waals surface area contributed by atoms with Crippen molar-refractivity contribution in [3.05, 3.63) is 39.4 Å². The first-order valence-corrected chi connectivity index (χ1v) is 5.83. The molecule has 0 unspecified atom stereocenters. The zero-order valence-electron chi connectivity index (χ0n) is 11.4. The Morgan fingerprint density at radius 1 is 1.30 bits per heavy atom. The molecule has 0 bridgehead atoms. The van der Waals surface area contributed by atoms with E-state index in [-0.39, 0.29) is 6.73 Å². The van der Waals surface area contributed by atoms with E-state index >= 15 is 0 Å². The van der Waals surface area contributed by atoms with Crippen molar-refractivity contribution in [3.63, 3.8) is 0 Å². The van der Waals surface area contributed by atoms with Gasteiger partial charge >= 0.3 is 11.7 Å². The summed E-state index contributed by atoms with van der Waals surface area (Å²) in [7, 11) is 3.09. The summed E-state index contributed by atoms with van der Waals surface area (Å²) in [6.45, 7) is 1.00. The number of aryl methyl sites for hydroxylation is 1. The molecule has 8 nitrogen and oxygen atoms in total. The highest BCUT2D eigenvalue weighted by Crippen LogP contribution is 2.12. The highest BCUT2D eigenvalue weighted by molar-refractivity contribution is 5.65. The van der Waals surface area contributed by atoms with Crippen LogP contribution in [0.5, 0.6) is 0 Å².